The molecule has 0 aromatic carbocycles. The third kappa shape index (κ3) is 4.17. The number of pyridine rings is 1. The Balaban J connectivity index is 1.29. The molecule has 6 heteroatoms. The molecular formula is C21H30N4O2. The van der Waals surface area contributed by atoms with Gasteiger partial charge in [0.25, 0.3) is 0 Å². The van der Waals surface area contributed by atoms with E-state index in [-0.39, 0.29) is 5.60 Å². The van der Waals surface area contributed by atoms with Crippen molar-refractivity contribution in [3.63, 3.8) is 0 Å². The molecule has 2 saturated heterocycles. The Kier molecular flexibility index (Phi) is 5.45. The van der Waals surface area contributed by atoms with Gasteiger partial charge in [0, 0.05) is 45.6 Å². The number of likely N-dealkylation sites (tertiary alicyclic amines) is 1. The molecule has 0 saturated carbocycles. The Morgan fingerprint density at radius 1 is 1.30 bits per heavy atom. The van der Waals surface area contributed by atoms with E-state index < -0.39 is 0 Å². The Morgan fingerprint density at radius 2 is 2.15 bits per heavy atom. The molecule has 2 fully saturated rings. The summed E-state index contributed by atoms with van der Waals surface area (Å²) in [6.45, 7) is 6.79. The lowest BCUT2D eigenvalue weighted by atomic mass is 9.78. The molecule has 1 atom stereocenters. The summed E-state index contributed by atoms with van der Waals surface area (Å²) in [6, 6.07) is 7.98. The van der Waals surface area contributed by atoms with Gasteiger partial charge in [-0.05, 0) is 50.7 Å². The Labute approximate surface area is 161 Å². The van der Waals surface area contributed by atoms with E-state index in [1.54, 1.807) is 6.20 Å². The molecule has 4 rings (SSSR count). The van der Waals surface area contributed by atoms with Gasteiger partial charge in [-0.15, -0.1) is 0 Å². The first kappa shape index (κ1) is 18.4. The van der Waals surface area contributed by atoms with E-state index in [4.69, 9.17) is 9.47 Å². The summed E-state index contributed by atoms with van der Waals surface area (Å²) in [4.78, 5) is 6.77. The van der Waals surface area contributed by atoms with Gasteiger partial charge in [0.05, 0.1) is 23.6 Å². The molecule has 2 aliphatic heterocycles. The van der Waals surface area contributed by atoms with Crippen LogP contribution in [0.4, 0.5) is 0 Å². The zero-order chi connectivity index (χ0) is 18.7. The zero-order valence-corrected chi connectivity index (χ0v) is 16.4. The summed E-state index contributed by atoms with van der Waals surface area (Å²) in [5.74, 6) is 1.30. The fraction of sp³-hybridized carbons (Fsp3) is 0.619. The fourth-order valence-electron chi connectivity index (χ4n) is 4.61. The van der Waals surface area contributed by atoms with Crippen molar-refractivity contribution < 1.29 is 9.47 Å². The van der Waals surface area contributed by atoms with E-state index in [1.165, 1.54) is 5.69 Å². The third-order valence-corrected chi connectivity index (χ3v) is 6.14. The predicted octanol–water partition coefficient (Wildman–Crippen LogP) is 2.96. The number of hydrogen-bond acceptors (Lipinski definition) is 5. The van der Waals surface area contributed by atoms with Crippen molar-refractivity contribution in [1.82, 2.24) is 19.7 Å². The Bertz CT molecular complexity index is 738. The average molecular weight is 370 g/mol. The maximum atomic E-state index is 6.31. The Morgan fingerprint density at radius 3 is 2.85 bits per heavy atom. The van der Waals surface area contributed by atoms with Gasteiger partial charge in [-0.25, -0.2) is 4.98 Å². The second-order valence-corrected chi connectivity index (χ2v) is 7.88. The Hall–Kier alpha value is -1.92. The van der Waals surface area contributed by atoms with Gasteiger partial charge in [-0.3, -0.25) is 9.58 Å². The van der Waals surface area contributed by atoms with Crippen molar-refractivity contribution in [3.8, 4) is 5.88 Å². The highest BCUT2D eigenvalue weighted by Crippen LogP contribution is 2.42. The average Bonchev–Trinajstić information content (AvgIpc) is 3.21. The minimum atomic E-state index is 0.0480. The zero-order valence-electron chi connectivity index (χ0n) is 16.4. The number of piperidine rings is 1. The summed E-state index contributed by atoms with van der Waals surface area (Å²) < 4.78 is 14.1. The molecule has 0 amide bonds. The highest BCUT2D eigenvalue weighted by atomic mass is 16.5. The molecule has 0 radical (unpaired) electrons. The van der Waals surface area contributed by atoms with E-state index >= 15 is 0 Å². The molecule has 2 aromatic rings. The van der Waals surface area contributed by atoms with Crippen molar-refractivity contribution >= 4 is 0 Å². The molecule has 2 aliphatic rings. The smallest absolute Gasteiger partial charge is 0.213 e. The maximum absolute atomic E-state index is 6.31. The van der Waals surface area contributed by atoms with Crippen LogP contribution in [0.3, 0.4) is 0 Å². The first-order valence-corrected chi connectivity index (χ1v) is 10.0. The quantitative estimate of drug-likeness (QED) is 0.782. The van der Waals surface area contributed by atoms with Gasteiger partial charge < -0.3 is 9.47 Å². The molecule has 6 nitrogen and oxygen atoms in total. The highest BCUT2D eigenvalue weighted by Gasteiger charge is 2.45. The number of aryl methyl sites for hydroxylation is 2. The van der Waals surface area contributed by atoms with Crippen molar-refractivity contribution in [1.29, 1.82) is 0 Å². The van der Waals surface area contributed by atoms with Crippen LogP contribution < -0.4 is 4.74 Å². The number of nitrogens with zero attached hydrogens (tertiary/aromatic N) is 4. The molecule has 1 spiro atoms. The van der Waals surface area contributed by atoms with Crippen molar-refractivity contribution in [2.24, 2.45) is 13.0 Å². The normalized spacial score (nSPS) is 22.4. The van der Waals surface area contributed by atoms with E-state index in [0.29, 0.717) is 18.4 Å². The van der Waals surface area contributed by atoms with Gasteiger partial charge in [0.1, 0.15) is 0 Å². The van der Waals surface area contributed by atoms with Crippen LogP contribution in [0, 0.1) is 12.8 Å². The van der Waals surface area contributed by atoms with Crippen LogP contribution in [0.15, 0.2) is 30.5 Å². The minimum absolute atomic E-state index is 0.0480. The largest absolute Gasteiger partial charge is 0.478 e. The number of rotatable bonds is 6. The van der Waals surface area contributed by atoms with Crippen molar-refractivity contribution in [2.45, 2.75) is 44.8 Å². The lowest BCUT2D eigenvalue weighted by Gasteiger charge is -2.42. The number of aromatic nitrogens is 3. The van der Waals surface area contributed by atoms with Crippen LogP contribution in [0.5, 0.6) is 5.88 Å². The minimum Gasteiger partial charge on any atom is -0.478 e. The van der Waals surface area contributed by atoms with Crippen LogP contribution in [0.25, 0.3) is 0 Å². The molecule has 0 aliphatic carbocycles. The number of ether oxygens (including phenoxy) is 2. The first-order valence-electron chi connectivity index (χ1n) is 10.0. The van der Waals surface area contributed by atoms with Gasteiger partial charge in [0.15, 0.2) is 0 Å². The fourth-order valence-corrected chi connectivity index (χ4v) is 4.61. The molecule has 2 aromatic heterocycles. The summed E-state index contributed by atoms with van der Waals surface area (Å²) in [5, 5.41) is 4.46. The monoisotopic (exact) mass is 370 g/mol. The van der Waals surface area contributed by atoms with Crippen LogP contribution in [0.2, 0.25) is 0 Å². The highest BCUT2D eigenvalue weighted by molar-refractivity contribution is 5.10. The van der Waals surface area contributed by atoms with E-state index in [9.17, 15) is 0 Å². The SMILES string of the molecule is Cc1cc(CN2CCC3(CC2)OCCC3CCOc2ccccn2)n(C)n1. The van der Waals surface area contributed by atoms with E-state index in [1.807, 2.05) is 29.9 Å². The van der Waals surface area contributed by atoms with E-state index in [2.05, 4.69) is 28.0 Å². The topological polar surface area (TPSA) is 52.4 Å². The lowest BCUT2D eigenvalue weighted by molar-refractivity contribution is -0.0711. The predicted molar refractivity (Wildman–Crippen MR) is 104 cm³/mol. The van der Waals surface area contributed by atoms with Crippen LogP contribution in [0.1, 0.15) is 37.1 Å². The lowest BCUT2D eigenvalue weighted by Crippen LogP contribution is -2.47. The summed E-state index contributed by atoms with van der Waals surface area (Å²) in [6.07, 6.45) is 6.18. The standard InChI is InChI=1S/C21H30N4O2/c1-17-15-19(24(2)23-17)16-25-11-8-21(9-12-25)18(7-14-27-21)6-13-26-20-5-3-4-10-22-20/h3-5,10,15,18H,6-9,11-14,16H2,1-2H3. The second-order valence-electron chi connectivity index (χ2n) is 7.88. The molecule has 4 heterocycles. The maximum Gasteiger partial charge on any atom is 0.213 e. The van der Waals surface area contributed by atoms with Gasteiger partial charge in [-0.2, -0.15) is 5.10 Å². The molecule has 0 bridgehead atoms. The molecular weight excluding hydrogens is 340 g/mol. The van der Waals surface area contributed by atoms with Crippen LogP contribution in [-0.4, -0.2) is 51.6 Å². The summed E-state index contributed by atoms with van der Waals surface area (Å²) in [7, 11) is 2.03. The van der Waals surface area contributed by atoms with Crippen LogP contribution in [-0.2, 0) is 18.3 Å². The molecule has 1 unspecified atom stereocenters. The van der Waals surface area contributed by atoms with Crippen molar-refractivity contribution in [3.05, 3.63) is 41.9 Å². The van der Waals surface area contributed by atoms with Crippen molar-refractivity contribution in [2.75, 3.05) is 26.3 Å². The summed E-state index contributed by atoms with van der Waals surface area (Å²) >= 11 is 0. The van der Waals surface area contributed by atoms with Crippen LogP contribution >= 0.6 is 0 Å². The van der Waals surface area contributed by atoms with E-state index in [0.717, 1.165) is 57.6 Å². The molecule has 27 heavy (non-hydrogen) atoms. The number of hydrogen-bond donors (Lipinski definition) is 0. The second kappa shape index (κ2) is 7.98. The molecule has 0 N–H and O–H groups in total. The van der Waals surface area contributed by atoms with Gasteiger partial charge in [-0.1, -0.05) is 6.07 Å². The summed E-state index contributed by atoms with van der Waals surface area (Å²) in [5.41, 5.74) is 2.43. The molecule has 146 valence electrons. The first-order chi connectivity index (χ1) is 13.1. The van der Waals surface area contributed by atoms with Gasteiger partial charge >= 0.3 is 0 Å². The van der Waals surface area contributed by atoms with Gasteiger partial charge in [0.2, 0.25) is 5.88 Å². The third-order valence-electron chi connectivity index (χ3n) is 6.14.